The molecule has 2 heteroatoms. The van der Waals surface area contributed by atoms with E-state index < -0.39 is 0 Å². The number of nitrogens with two attached hydrogens (primary N) is 1. The minimum absolute atomic E-state index is 0.606. The number of hydrogen-bond acceptors (Lipinski definition) is 2. The summed E-state index contributed by atoms with van der Waals surface area (Å²) < 4.78 is 0. The third-order valence-corrected chi connectivity index (χ3v) is 2.89. The first-order valence-corrected chi connectivity index (χ1v) is 6.19. The van der Waals surface area contributed by atoms with Crippen LogP contribution in [0.4, 0.5) is 0 Å². The van der Waals surface area contributed by atoms with E-state index in [9.17, 15) is 0 Å². The van der Waals surface area contributed by atoms with E-state index >= 15 is 0 Å². The molecule has 0 heterocycles. The molecule has 1 aromatic carbocycles. The lowest BCUT2D eigenvalue weighted by Crippen LogP contribution is -2.30. The van der Waals surface area contributed by atoms with Gasteiger partial charge in [-0.3, -0.25) is 4.90 Å². The second-order valence-corrected chi connectivity index (χ2v) is 4.58. The first-order chi connectivity index (χ1) is 7.67. The lowest BCUT2D eigenvalue weighted by atomic mass is 10.1. The zero-order chi connectivity index (χ0) is 12.0. The van der Waals surface area contributed by atoms with Gasteiger partial charge in [-0.2, -0.15) is 0 Å². The third-order valence-electron chi connectivity index (χ3n) is 2.89. The van der Waals surface area contributed by atoms with Crippen molar-refractivity contribution < 1.29 is 0 Å². The summed E-state index contributed by atoms with van der Waals surface area (Å²) in [4.78, 5) is 2.50. The van der Waals surface area contributed by atoms with Gasteiger partial charge in [-0.1, -0.05) is 31.2 Å². The van der Waals surface area contributed by atoms with Gasteiger partial charge in [0.05, 0.1) is 0 Å². The Labute approximate surface area is 99.5 Å². The van der Waals surface area contributed by atoms with Crippen molar-refractivity contribution in [3.8, 4) is 0 Å². The summed E-state index contributed by atoms with van der Waals surface area (Å²) in [5, 5.41) is 0. The average molecular weight is 220 g/mol. The maximum absolute atomic E-state index is 5.59. The number of hydrogen-bond donors (Lipinski definition) is 1. The fourth-order valence-electron chi connectivity index (χ4n) is 1.82. The highest BCUT2D eigenvalue weighted by Crippen LogP contribution is 2.10. The Morgan fingerprint density at radius 1 is 1.12 bits per heavy atom. The summed E-state index contributed by atoms with van der Waals surface area (Å²) in [5.74, 6) is 0. The van der Waals surface area contributed by atoms with Gasteiger partial charge in [-0.25, -0.2) is 0 Å². The summed E-state index contributed by atoms with van der Waals surface area (Å²) in [6.07, 6.45) is 1.21. The van der Waals surface area contributed by atoms with Gasteiger partial charge in [-0.15, -0.1) is 0 Å². The van der Waals surface area contributed by atoms with Crippen LogP contribution in [-0.4, -0.2) is 17.5 Å². The van der Waals surface area contributed by atoms with Crippen molar-refractivity contribution in [3.63, 3.8) is 0 Å². The normalized spacial score (nSPS) is 11.4. The van der Waals surface area contributed by atoms with Crippen molar-refractivity contribution in [1.82, 2.24) is 4.90 Å². The van der Waals surface area contributed by atoms with Gasteiger partial charge >= 0.3 is 0 Å². The second kappa shape index (κ2) is 6.66. The quantitative estimate of drug-likeness (QED) is 0.798. The molecule has 0 radical (unpaired) electrons. The predicted molar refractivity (Wildman–Crippen MR) is 70.2 cm³/mol. The van der Waals surface area contributed by atoms with Gasteiger partial charge < -0.3 is 5.73 Å². The maximum atomic E-state index is 5.59. The smallest absolute Gasteiger partial charge is 0.0236 e. The molecule has 0 aliphatic heterocycles. The minimum atomic E-state index is 0.606. The van der Waals surface area contributed by atoms with Gasteiger partial charge in [0.1, 0.15) is 0 Å². The summed E-state index contributed by atoms with van der Waals surface area (Å²) in [5.41, 5.74) is 8.17. The number of rotatable bonds is 6. The Morgan fingerprint density at radius 2 is 1.69 bits per heavy atom. The van der Waals surface area contributed by atoms with Crippen LogP contribution in [0.1, 0.15) is 38.3 Å². The molecule has 16 heavy (non-hydrogen) atoms. The van der Waals surface area contributed by atoms with Gasteiger partial charge in [0.25, 0.3) is 0 Å². The second-order valence-electron chi connectivity index (χ2n) is 4.58. The SMILES string of the molecule is CCCN(Cc1ccc(CN)cc1)C(C)C. The van der Waals surface area contributed by atoms with E-state index in [1.165, 1.54) is 17.5 Å². The first kappa shape index (κ1) is 13.2. The Kier molecular flexibility index (Phi) is 5.50. The fourth-order valence-corrected chi connectivity index (χ4v) is 1.82. The highest BCUT2D eigenvalue weighted by Gasteiger charge is 2.08. The average Bonchev–Trinajstić information content (AvgIpc) is 2.29. The van der Waals surface area contributed by atoms with Crippen LogP contribution in [0, 0.1) is 0 Å². The van der Waals surface area contributed by atoms with Crippen LogP contribution in [0.2, 0.25) is 0 Å². The van der Waals surface area contributed by atoms with E-state index in [0.29, 0.717) is 12.6 Å². The number of nitrogens with zero attached hydrogens (tertiary/aromatic N) is 1. The van der Waals surface area contributed by atoms with Crippen LogP contribution in [0.5, 0.6) is 0 Å². The van der Waals surface area contributed by atoms with E-state index in [4.69, 9.17) is 5.73 Å². The van der Waals surface area contributed by atoms with Crippen molar-refractivity contribution in [1.29, 1.82) is 0 Å². The molecule has 0 spiro atoms. The van der Waals surface area contributed by atoms with Crippen molar-refractivity contribution >= 4 is 0 Å². The molecule has 0 bridgehead atoms. The predicted octanol–water partition coefficient (Wildman–Crippen LogP) is 2.77. The van der Waals surface area contributed by atoms with Crippen LogP contribution >= 0.6 is 0 Å². The third kappa shape index (κ3) is 3.95. The van der Waals surface area contributed by atoms with Crippen molar-refractivity contribution in [3.05, 3.63) is 35.4 Å². The molecule has 0 aromatic heterocycles. The molecule has 0 aliphatic carbocycles. The highest BCUT2D eigenvalue weighted by atomic mass is 15.1. The molecule has 2 N–H and O–H groups in total. The molecule has 1 rings (SSSR count). The molecule has 0 unspecified atom stereocenters. The molecule has 0 amide bonds. The Balaban J connectivity index is 2.62. The summed E-state index contributed by atoms with van der Waals surface area (Å²) in [6.45, 7) is 9.57. The zero-order valence-electron chi connectivity index (χ0n) is 10.7. The van der Waals surface area contributed by atoms with Crippen LogP contribution in [-0.2, 0) is 13.1 Å². The van der Waals surface area contributed by atoms with Crippen molar-refractivity contribution in [2.45, 2.75) is 46.3 Å². The van der Waals surface area contributed by atoms with E-state index in [0.717, 1.165) is 13.1 Å². The Morgan fingerprint density at radius 3 is 2.12 bits per heavy atom. The van der Waals surface area contributed by atoms with Crippen LogP contribution < -0.4 is 5.73 Å². The van der Waals surface area contributed by atoms with Gasteiger partial charge in [0.15, 0.2) is 0 Å². The maximum Gasteiger partial charge on any atom is 0.0236 e. The molecule has 0 aliphatic rings. The lowest BCUT2D eigenvalue weighted by Gasteiger charge is -2.26. The molecular formula is C14H24N2. The minimum Gasteiger partial charge on any atom is -0.326 e. The van der Waals surface area contributed by atoms with Crippen molar-refractivity contribution in [2.75, 3.05) is 6.54 Å². The number of benzene rings is 1. The monoisotopic (exact) mass is 220 g/mol. The zero-order valence-corrected chi connectivity index (χ0v) is 10.7. The highest BCUT2D eigenvalue weighted by molar-refractivity contribution is 5.22. The first-order valence-electron chi connectivity index (χ1n) is 6.19. The van der Waals surface area contributed by atoms with Gasteiger partial charge in [-0.05, 0) is 37.9 Å². The van der Waals surface area contributed by atoms with Crippen LogP contribution in [0.3, 0.4) is 0 Å². The fraction of sp³-hybridized carbons (Fsp3) is 0.571. The van der Waals surface area contributed by atoms with Crippen LogP contribution in [0.25, 0.3) is 0 Å². The summed E-state index contributed by atoms with van der Waals surface area (Å²) >= 11 is 0. The van der Waals surface area contributed by atoms with Gasteiger partial charge in [0.2, 0.25) is 0 Å². The largest absolute Gasteiger partial charge is 0.326 e. The lowest BCUT2D eigenvalue weighted by molar-refractivity contribution is 0.213. The molecule has 0 saturated heterocycles. The molecule has 0 saturated carbocycles. The molecular weight excluding hydrogens is 196 g/mol. The van der Waals surface area contributed by atoms with Crippen molar-refractivity contribution in [2.24, 2.45) is 5.73 Å². The molecule has 90 valence electrons. The topological polar surface area (TPSA) is 29.3 Å². The van der Waals surface area contributed by atoms with E-state index in [1.807, 2.05) is 0 Å². The standard InChI is InChI=1S/C14H24N2/c1-4-9-16(12(2)3)11-14-7-5-13(10-15)6-8-14/h5-8,12H,4,9-11,15H2,1-3H3. The van der Waals surface area contributed by atoms with Gasteiger partial charge in [0, 0.05) is 19.1 Å². The summed E-state index contributed by atoms with van der Waals surface area (Å²) in [7, 11) is 0. The summed E-state index contributed by atoms with van der Waals surface area (Å²) in [6, 6.07) is 9.23. The Hall–Kier alpha value is -0.860. The van der Waals surface area contributed by atoms with E-state index in [-0.39, 0.29) is 0 Å². The van der Waals surface area contributed by atoms with E-state index in [1.54, 1.807) is 0 Å². The Bertz CT molecular complexity index is 290. The molecule has 0 atom stereocenters. The molecule has 2 nitrogen and oxygen atoms in total. The molecule has 1 aromatic rings. The van der Waals surface area contributed by atoms with Crippen LogP contribution in [0.15, 0.2) is 24.3 Å². The van der Waals surface area contributed by atoms with E-state index in [2.05, 4.69) is 49.9 Å². The molecule has 0 fully saturated rings.